The van der Waals surface area contributed by atoms with Crippen molar-refractivity contribution in [1.29, 1.82) is 0 Å². The molecule has 10 heteroatoms. The number of rotatable bonds is 55. The summed E-state index contributed by atoms with van der Waals surface area (Å²) in [6.07, 6.45) is 56.5. The van der Waals surface area contributed by atoms with E-state index in [2.05, 4.69) is 13.8 Å². The summed E-state index contributed by atoms with van der Waals surface area (Å²) in [4.78, 5) is 35.4. The third-order valence-electron chi connectivity index (χ3n) is 13.4. The Bertz CT molecular complexity index is 1100. The first-order valence-electron chi connectivity index (χ1n) is 29.3. The average Bonchev–Trinajstić information content (AvgIpc) is 3.29. The number of esters is 2. The van der Waals surface area contributed by atoms with Gasteiger partial charge in [0.05, 0.1) is 27.7 Å². The second-order valence-corrected chi connectivity index (χ2v) is 22.9. The summed E-state index contributed by atoms with van der Waals surface area (Å²) >= 11 is 0. The molecule has 0 saturated carbocycles. The fourth-order valence-corrected chi connectivity index (χ4v) is 9.58. The van der Waals surface area contributed by atoms with E-state index in [0.717, 1.165) is 38.5 Å². The van der Waals surface area contributed by atoms with Crippen molar-refractivity contribution in [1.82, 2.24) is 0 Å². The lowest BCUT2D eigenvalue weighted by Crippen LogP contribution is -2.37. The number of hydrogen-bond donors (Lipinski definition) is 1. The minimum atomic E-state index is -4.37. The molecule has 0 bridgehead atoms. The zero-order chi connectivity index (χ0) is 49.2. The predicted molar refractivity (Wildman–Crippen MR) is 285 cm³/mol. The van der Waals surface area contributed by atoms with Crippen molar-refractivity contribution in [3.8, 4) is 0 Å². The molecule has 2 atom stereocenters. The molecule has 0 aliphatic carbocycles. The van der Waals surface area contributed by atoms with Crippen LogP contribution in [0.3, 0.4) is 0 Å². The minimum absolute atomic E-state index is 0.0369. The van der Waals surface area contributed by atoms with Crippen LogP contribution in [0.5, 0.6) is 0 Å². The summed E-state index contributed by atoms with van der Waals surface area (Å²) in [6, 6.07) is 0. The van der Waals surface area contributed by atoms with Crippen molar-refractivity contribution in [2.24, 2.45) is 0 Å². The molecule has 1 N–H and O–H groups in total. The number of hydrogen-bond acceptors (Lipinski definition) is 7. The molecule has 0 aromatic rings. The molecule has 0 spiro atoms. The average molecular weight is 974 g/mol. The molecule has 0 aliphatic rings. The Morgan fingerprint density at radius 1 is 0.403 bits per heavy atom. The normalized spacial score (nSPS) is 13.2. The largest absolute Gasteiger partial charge is 0.472 e. The Morgan fingerprint density at radius 3 is 0.955 bits per heavy atom. The molecule has 0 amide bonds. The van der Waals surface area contributed by atoms with Gasteiger partial charge in [0.1, 0.15) is 19.8 Å². The van der Waals surface area contributed by atoms with E-state index < -0.39 is 26.5 Å². The van der Waals surface area contributed by atoms with Gasteiger partial charge in [-0.3, -0.25) is 18.6 Å². The molecular formula is C57H115NO8P+. The summed E-state index contributed by atoms with van der Waals surface area (Å²) in [5.74, 6) is -0.782. The van der Waals surface area contributed by atoms with E-state index in [1.54, 1.807) is 0 Å². The van der Waals surface area contributed by atoms with E-state index in [4.69, 9.17) is 18.5 Å². The van der Waals surface area contributed by atoms with Crippen LogP contribution in [0.2, 0.25) is 0 Å². The second-order valence-electron chi connectivity index (χ2n) is 21.4. The van der Waals surface area contributed by atoms with E-state index in [9.17, 15) is 19.0 Å². The molecule has 9 nitrogen and oxygen atoms in total. The van der Waals surface area contributed by atoms with Crippen molar-refractivity contribution in [2.75, 3.05) is 47.5 Å². The summed E-state index contributed by atoms with van der Waals surface area (Å²) in [6.45, 7) is 4.46. The first-order valence-corrected chi connectivity index (χ1v) is 30.8. The van der Waals surface area contributed by atoms with Crippen LogP contribution in [-0.4, -0.2) is 74.9 Å². The highest BCUT2D eigenvalue weighted by atomic mass is 31.2. The molecule has 0 aliphatic heterocycles. The Labute approximate surface area is 416 Å². The Kier molecular flexibility index (Phi) is 49.2. The van der Waals surface area contributed by atoms with Crippen LogP contribution in [0.15, 0.2) is 0 Å². The Hall–Kier alpha value is -0.990. The molecule has 2 unspecified atom stereocenters. The van der Waals surface area contributed by atoms with Gasteiger partial charge in [0.25, 0.3) is 0 Å². The van der Waals surface area contributed by atoms with Gasteiger partial charge in [-0.25, -0.2) is 4.57 Å². The lowest BCUT2D eigenvalue weighted by molar-refractivity contribution is -0.870. The third-order valence-corrected chi connectivity index (χ3v) is 14.4. The van der Waals surface area contributed by atoms with Crippen LogP contribution in [0.25, 0.3) is 0 Å². The number of nitrogens with zero attached hydrogens (tertiary/aromatic N) is 1. The molecule has 0 heterocycles. The summed E-state index contributed by atoms with van der Waals surface area (Å²) in [7, 11) is 1.50. The molecule has 67 heavy (non-hydrogen) atoms. The maximum atomic E-state index is 12.8. The van der Waals surface area contributed by atoms with Gasteiger partial charge >= 0.3 is 19.8 Å². The molecule has 0 radical (unpaired) electrons. The van der Waals surface area contributed by atoms with Crippen LogP contribution in [0.4, 0.5) is 0 Å². The molecule has 0 saturated heterocycles. The van der Waals surface area contributed by atoms with Crippen LogP contribution in [0, 0.1) is 0 Å². The van der Waals surface area contributed by atoms with Gasteiger partial charge in [-0.05, 0) is 12.8 Å². The van der Waals surface area contributed by atoms with Crippen molar-refractivity contribution >= 4 is 19.8 Å². The lowest BCUT2D eigenvalue weighted by atomic mass is 10.0. The first-order chi connectivity index (χ1) is 32.5. The third kappa shape index (κ3) is 54.2. The fourth-order valence-electron chi connectivity index (χ4n) is 8.84. The Balaban J connectivity index is 3.84. The molecule has 0 rings (SSSR count). The highest BCUT2D eigenvalue weighted by Gasteiger charge is 2.27. The topological polar surface area (TPSA) is 108 Å². The molecule has 0 aromatic carbocycles. The Morgan fingerprint density at radius 2 is 0.672 bits per heavy atom. The number of likely N-dealkylation sites (N-methyl/N-ethyl adjacent to an activating group) is 1. The smallest absolute Gasteiger partial charge is 0.462 e. The van der Waals surface area contributed by atoms with Crippen molar-refractivity contribution < 1.29 is 42.1 Å². The van der Waals surface area contributed by atoms with Gasteiger partial charge in [-0.2, -0.15) is 0 Å². The van der Waals surface area contributed by atoms with Crippen LogP contribution in [-0.2, 0) is 32.7 Å². The van der Waals surface area contributed by atoms with Gasteiger partial charge in [-0.15, -0.1) is 0 Å². The van der Waals surface area contributed by atoms with Gasteiger partial charge in [0, 0.05) is 12.8 Å². The SMILES string of the molecule is CCCCCCCCCCCCCCCCCCCCCCCCCCCCCCCCCCCCC(=O)OC(COC(=O)CCCCCCCCCCC)COP(=O)(O)OCC[N+](C)(C)C. The van der Waals surface area contributed by atoms with Crippen molar-refractivity contribution in [3.05, 3.63) is 0 Å². The molecular weight excluding hydrogens is 858 g/mol. The zero-order valence-electron chi connectivity index (χ0n) is 45.4. The standard InChI is InChI=1S/C57H114NO8P/c1-6-8-10-12-14-16-17-18-19-20-21-22-23-24-25-26-27-28-29-30-31-32-33-34-35-36-37-38-39-40-42-44-46-48-50-57(60)66-55(54-65-67(61,62)64-52-51-58(3,4)5)53-63-56(59)49-47-45-43-41-15-13-11-9-7-2/h55H,6-54H2,1-5H3/p+1. The molecule has 0 aromatic heterocycles. The van der Waals surface area contributed by atoms with Gasteiger partial charge in [-0.1, -0.05) is 277 Å². The number of unbranched alkanes of at least 4 members (excludes halogenated alkanes) is 41. The van der Waals surface area contributed by atoms with Crippen molar-refractivity contribution in [2.45, 2.75) is 309 Å². The summed E-state index contributed by atoms with van der Waals surface area (Å²) in [5.41, 5.74) is 0. The van der Waals surface area contributed by atoms with E-state index in [0.29, 0.717) is 17.4 Å². The number of carbonyl (C=O) groups is 2. The van der Waals surface area contributed by atoms with E-state index in [1.165, 1.54) is 238 Å². The van der Waals surface area contributed by atoms with E-state index >= 15 is 0 Å². The van der Waals surface area contributed by atoms with E-state index in [1.807, 2.05) is 21.1 Å². The van der Waals surface area contributed by atoms with Crippen LogP contribution in [0.1, 0.15) is 303 Å². The second kappa shape index (κ2) is 50.0. The van der Waals surface area contributed by atoms with Crippen LogP contribution >= 0.6 is 7.82 Å². The van der Waals surface area contributed by atoms with Crippen molar-refractivity contribution in [3.63, 3.8) is 0 Å². The van der Waals surface area contributed by atoms with E-state index in [-0.39, 0.29) is 25.6 Å². The number of carbonyl (C=O) groups excluding carboxylic acids is 2. The minimum Gasteiger partial charge on any atom is -0.462 e. The number of quaternary nitrogens is 1. The first kappa shape index (κ1) is 66.0. The molecule has 400 valence electrons. The summed E-state index contributed by atoms with van der Waals surface area (Å²) < 4.78 is 34.4. The zero-order valence-corrected chi connectivity index (χ0v) is 46.3. The summed E-state index contributed by atoms with van der Waals surface area (Å²) in [5, 5.41) is 0. The maximum absolute atomic E-state index is 12.8. The maximum Gasteiger partial charge on any atom is 0.472 e. The van der Waals surface area contributed by atoms with Gasteiger partial charge in [0.15, 0.2) is 6.10 Å². The number of ether oxygens (including phenoxy) is 2. The van der Waals surface area contributed by atoms with Crippen LogP contribution < -0.4 is 0 Å². The monoisotopic (exact) mass is 973 g/mol. The van der Waals surface area contributed by atoms with Gasteiger partial charge < -0.3 is 18.9 Å². The highest BCUT2D eigenvalue weighted by molar-refractivity contribution is 7.47. The van der Waals surface area contributed by atoms with Gasteiger partial charge in [0.2, 0.25) is 0 Å². The quantitative estimate of drug-likeness (QED) is 0.0278. The predicted octanol–water partition coefficient (Wildman–Crippen LogP) is 17.9. The lowest BCUT2D eigenvalue weighted by Gasteiger charge is -2.24. The number of phosphoric acid groups is 1. The highest BCUT2D eigenvalue weighted by Crippen LogP contribution is 2.43. The number of phosphoric ester groups is 1. The molecule has 0 fully saturated rings. The fraction of sp³-hybridized carbons (Fsp3) is 0.965.